The Labute approximate surface area is 124 Å². The number of nitrogens with one attached hydrogen (secondary N) is 2. The second-order valence-corrected chi connectivity index (χ2v) is 5.19. The van der Waals surface area contributed by atoms with E-state index >= 15 is 0 Å². The molecule has 0 unspecified atom stereocenters. The molecule has 5 heteroatoms. The molecule has 20 heavy (non-hydrogen) atoms. The average molecular weight is 295 g/mol. The van der Waals surface area contributed by atoms with Gasteiger partial charge in [-0.25, -0.2) is 0 Å². The fourth-order valence-corrected chi connectivity index (χ4v) is 1.67. The summed E-state index contributed by atoms with van der Waals surface area (Å²) >= 11 is 5.99. The maximum Gasteiger partial charge on any atom is 0.244 e. The molecule has 1 aromatic rings. The van der Waals surface area contributed by atoms with Gasteiger partial charge >= 0.3 is 0 Å². The number of aryl methyl sites for hydroxylation is 1. The minimum atomic E-state index is -0.319. The van der Waals surface area contributed by atoms with Crippen molar-refractivity contribution in [3.8, 4) is 0 Å². The first-order valence-electron chi connectivity index (χ1n) is 6.40. The van der Waals surface area contributed by atoms with Crippen LogP contribution in [0.15, 0.2) is 24.3 Å². The van der Waals surface area contributed by atoms with E-state index in [1.807, 2.05) is 32.9 Å². The summed E-state index contributed by atoms with van der Waals surface area (Å²) in [5.41, 5.74) is 1.82. The molecule has 1 rings (SSSR count). The summed E-state index contributed by atoms with van der Waals surface area (Å²) in [6.45, 7) is 5.60. The second kappa shape index (κ2) is 7.70. The smallest absolute Gasteiger partial charge is 0.244 e. The average Bonchev–Trinajstić information content (AvgIpc) is 2.37. The highest BCUT2D eigenvalue weighted by Gasteiger charge is 2.04. The molecule has 0 aliphatic rings. The molecular formula is C15H19ClN2O2. The zero-order chi connectivity index (χ0) is 15.1. The number of carbonyl (C=O) groups excluding carboxylic acids is 2. The van der Waals surface area contributed by atoms with Crippen molar-refractivity contribution in [1.29, 1.82) is 0 Å². The van der Waals surface area contributed by atoms with E-state index in [0.29, 0.717) is 5.02 Å². The summed E-state index contributed by atoms with van der Waals surface area (Å²) in [4.78, 5) is 22.9. The van der Waals surface area contributed by atoms with Crippen molar-refractivity contribution in [2.75, 3.05) is 6.54 Å². The summed E-state index contributed by atoms with van der Waals surface area (Å²) in [7, 11) is 0. The second-order valence-electron chi connectivity index (χ2n) is 4.78. The van der Waals surface area contributed by atoms with Gasteiger partial charge in [0, 0.05) is 17.1 Å². The van der Waals surface area contributed by atoms with E-state index in [2.05, 4.69) is 10.6 Å². The van der Waals surface area contributed by atoms with Crippen LogP contribution in [0.2, 0.25) is 5.02 Å². The van der Waals surface area contributed by atoms with Crippen LogP contribution in [0.4, 0.5) is 0 Å². The van der Waals surface area contributed by atoms with Crippen LogP contribution < -0.4 is 10.6 Å². The molecule has 0 saturated carbocycles. The molecule has 1 aromatic carbocycles. The van der Waals surface area contributed by atoms with Crippen LogP contribution >= 0.6 is 11.6 Å². The molecule has 2 N–H and O–H groups in total. The SMILES string of the molecule is Cc1ccc(/C=C/C(=O)NCC(=O)NC(C)C)cc1Cl. The first kappa shape index (κ1) is 16.2. The van der Waals surface area contributed by atoms with Gasteiger partial charge in [0.25, 0.3) is 0 Å². The lowest BCUT2D eigenvalue weighted by molar-refractivity contribution is -0.124. The molecule has 0 aromatic heterocycles. The zero-order valence-electron chi connectivity index (χ0n) is 11.9. The molecule has 108 valence electrons. The Morgan fingerprint density at radius 3 is 2.65 bits per heavy atom. The normalized spacial score (nSPS) is 10.8. The van der Waals surface area contributed by atoms with Crippen molar-refractivity contribution in [3.63, 3.8) is 0 Å². The van der Waals surface area contributed by atoms with Crippen LogP contribution in [0.25, 0.3) is 6.08 Å². The van der Waals surface area contributed by atoms with Crippen LogP contribution in [0.3, 0.4) is 0 Å². The van der Waals surface area contributed by atoms with Crippen molar-refractivity contribution in [1.82, 2.24) is 10.6 Å². The van der Waals surface area contributed by atoms with E-state index in [0.717, 1.165) is 11.1 Å². The molecule has 4 nitrogen and oxygen atoms in total. The van der Waals surface area contributed by atoms with Gasteiger partial charge in [-0.1, -0.05) is 23.7 Å². The van der Waals surface area contributed by atoms with E-state index < -0.39 is 0 Å². The number of rotatable bonds is 5. The van der Waals surface area contributed by atoms with Crippen molar-refractivity contribution >= 4 is 29.5 Å². The molecule has 0 aliphatic heterocycles. The summed E-state index contributed by atoms with van der Waals surface area (Å²) in [6, 6.07) is 5.60. The van der Waals surface area contributed by atoms with E-state index in [-0.39, 0.29) is 24.4 Å². The molecule has 0 spiro atoms. The third-order valence-electron chi connectivity index (χ3n) is 2.50. The lowest BCUT2D eigenvalue weighted by atomic mass is 10.1. The van der Waals surface area contributed by atoms with Gasteiger partial charge in [0.2, 0.25) is 11.8 Å². The number of hydrogen-bond acceptors (Lipinski definition) is 2. The van der Waals surface area contributed by atoms with Crippen molar-refractivity contribution in [2.45, 2.75) is 26.8 Å². The fourth-order valence-electron chi connectivity index (χ4n) is 1.48. The lowest BCUT2D eigenvalue weighted by Crippen LogP contribution is -2.39. The lowest BCUT2D eigenvalue weighted by Gasteiger charge is -2.08. The number of hydrogen-bond donors (Lipinski definition) is 2. The molecule has 0 fully saturated rings. The maximum atomic E-state index is 11.5. The molecule has 0 atom stereocenters. The quantitative estimate of drug-likeness (QED) is 0.819. The highest BCUT2D eigenvalue weighted by molar-refractivity contribution is 6.31. The monoisotopic (exact) mass is 294 g/mol. The van der Waals surface area contributed by atoms with Gasteiger partial charge in [0.15, 0.2) is 0 Å². The third kappa shape index (κ3) is 5.89. The number of benzene rings is 1. The maximum absolute atomic E-state index is 11.5. The topological polar surface area (TPSA) is 58.2 Å². The highest BCUT2D eigenvalue weighted by Crippen LogP contribution is 2.17. The highest BCUT2D eigenvalue weighted by atomic mass is 35.5. The number of carbonyl (C=O) groups is 2. The van der Waals surface area contributed by atoms with E-state index in [1.165, 1.54) is 6.08 Å². The van der Waals surface area contributed by atoms with Crippen LogP contribution in [0.1, 0.15) is 25.0 Å². The summed E-state index contributed by atoms with van der Waals surface area (Å²) in [6.07, 6.45) is 3.03. The van der Waals surface area contributed by atoms with Gasteiger partial charge in [-0.15, -0.1) is 0 Å². The molecule has 0 radical (unpaired) electrons. The van der Waals surface area contributed by atoms with E-state index in [9.17, 15) is 9.59 Å². The van der Waals surface area contributed by atoms with Gasteiger partial charge in [-0.05, 0) is 44.0 Å². The van der Waals surface area contributed by atoms with E-state index in [1.54, 1.807) is 12.1 Å². The summed E-state index contributed by atoms with van der Waals surface area (Å²) in [5, 5.41) is 5.86. The van der Waals surface area contributed by atoms with Crippen LogP contribution in [0.5, 0.6) is 0 Å². The number of amides is 2. The zero-order valence-corrected chi connectivity index (χ0v) is 12.6. The third-order valence-corrected chi connectivity index (χ3v) is 2.90. The fraction of sp³-hybridized carbons (Fsp3) is 0.333. The minimum Gasteiger partial charge on any atom is -0.352 e. The first-order chi connectivity index (χ1) is 9.38. The Morgan fingerprint density at radius 2 is 2.05 bits per heavy atom. The predicted molar refractivity (Wildman–Crippen MR) is 81.5 cm³/mol. The Morgan fingerprint density at radius 1 is 1.35 bits per heavy atom. The van der Waals surface area contributed by atoms with Crippen molar-refractivity contribution in [3.05, 3.63) is 40.4 Å². The first-order valence-corrected chi connectivity index (χ1v) is 6.77. The van der Waals surface area contributed by atoms with Crippen LogP contribution in [-0.4, -0.2) is 24.4 Å². The van der Waals surface area contributed by atoms with Gasteiger partial charge in [-0.2, -0.15) is 0 Å². The van der Waals surface area contributed by atoms with Crippen LogP contribution in [0, 0.1) is 6.92 Å². The number of halogens is 1. The van der Waals surface area contributed by atoms with Crippen molar-refractivity contribution in [2.24, 2.45) is 0 Å². The Bertz CT molecular complexity index is 525. The Hall–Kier alpha value is -1.81. The van der Waals surface area contributed by atoms with Gasteiger partial charge in [0.05, 0.1) is 6.54 Å². The summed E-state index contributed by atoms with van der Waals surface area (Å²) in [5.74, 6) is -0.527. The molecule has 0 aliphatic carbocycles. The Balaban J connectivity index is 2.47. The Kier molecular flexibility index (Phi) is 6.25. The van der Waals surface area contributed by atoms with Crippen LogP contribution in [-0.2, 0) is 9.59 Å². The molecule has 0 saturated heterocycles. The molecule has 0 bridgehead atoms. The minimum absolute atomic E-state index is 0.0317. The largest absolute Gasteiger partial charge is 0.352 e. The van der Waals surface area contributed by atoms with E-state index in [4.69, 9.17) is 11.6 Å². The van der Waals surface area contributed by atoms with Gasteiger partial charge in [-0.3, -0.25) is 9.59 Å². The predicted octanol–water partition coefficient (Wildman–Crippen LogP) is 2.30. The molecule has 0 heterocycles. The molecular weight excluding hydrogens is 276 g/mol. The summed E-state index contributed by atoms with van der Waals surface area (Å²) < 4.78 is 0. The standard InChI is InChI=1S/C15H19ClN2O2/c1-10(2)18-15(20)9-17-14(19)7-6-12-5-4-11(3)13(16)8-12/h4-8,10H,9H2,1-3H3,(H,17,19)(H,18,20)/b7-6+. The molecule has 2 amide bonds. The van der Waals surface area contributed by atoms with Gasteiger partial charge < -0.3 is 10.6 Å². The van der Waals surface area contributed by atoms with Crippen molar-refractivity contribution < 1.29 is 9.59 Å². The van der Waals surface area contributed by atoms with Gasteiger partial charge in [0.1, 0.15) is 0 Å².